The molecule has 6 nitrogen and oxygen atoms in total. The van der Waals surface area contributed by atoms with Crippen LogP contribution in [-0.4, -0.2) is 55.1 Å². The molecular weight excluding hydrogens is 320 g/mol. The molecular formula is C14H20N4O2S2. The molecule has 2 aromatic rings. The van der Waals surface area contributed by atoms with E-state index in [9.17, 15) is 8.42 Å². The third-order valence-corrected chi connectivity index (χ3v) is 6.42. The van der Waals surface area contributed by atoms with E-state index in [1.807, 2.05) is 0 Å². The fraction of sp³-hybridized carbons (Fsp3) is 0.571. The molecule has 0 aliphatic carbocycles. The average molecular weight is 340 g/mol. The monoisotopic (exact) mass is 340 g/mol. The normalized spacial score (nSPS) is 17.8. The predicted octanol–water partition coefficient (Wildman–Crippen LogP) is 1.73. The van der Waals surface area contributed by atoms with Gasteiger partial charge in [0, 0.05) is 31.1 Å². The largest absolute Gasteiger partial charge is 0.355 e. The molecule has 0 amide bonds. The van der Waals surface area contributed by atoms with E-state index in [0.717, 1.165) is 35.4 Å². The summed E-state index contributed by atoms with van der Waals surface area (Å²) >= 11 is 1.70. The molecule has 22 heavy (non-hydrogen) atoms. The number of anilines is 1. The zero-order valence-corrected chi connectivity index (χ0v) is 14.5. The fourth-order valence-electron chi connectivity index (χ4n) is 2.76. The number of aromatic nitrogens is 2. The summed E-state index contributed by atoms with van der Waals surface area (Å²) in [5.74, 6) is 0.927. The lowest BCUT2D eigenvalue weighted by Crippen LogP contribution is -2.34. The van der Waals surface area contributed by atoms with Crippen molar-refractivity contribution in [3.63, 3.8) is 0 Å². The maximum atomic E-state index is 11.7. The first-order valence-electron chi connectivity index (χ1n) is 7.42. The quantitative estimate of drug-likeness (QED) is 0.851. The van der Waals surface area contributed by atoms with Crippen molar-refractivity contribution in [1.29, 1.82) is 0 Å². The van der Waals surface area contributed by atoms with Gasteiger partial charge in [-0.2, -0.15) is 0 Å². The lowest BCUT2D eigenvalue weighted by Gasteiger charge is -2.22. The zero-order chi connectivity index (χ0) is 15.7. The molecule has 0 radical (unpaired) electrons. The van der Waals surface area contributed by atoms with E-state index in [1.165, 1.54) is 11.1 Å². The number of fused-ring (bicyclic) bond motifs is 1. The maximum Gasteiger partial charge on any atom is 0.211 e. The molecule has 0 unspecified atom stereocenters. The summed E-state index contributed by atoms with van der Waals surface area (Å²) in [6.45, 7) is 4.70. The second kappa shape index (κ2) is 6.10. The number of nitrogens with zero attached hydrogens (tertiary/aromatic N) is 4. The lowest BCUT2D eigenvalue weighted by atomic mass is 10.3. The molecule has 0 N–H and O–H groups in total. The van der Waals surface area contributed by atoms with Gasteiger partial charge in [0.1, 0.15) is 17.0 Å². The first-order valence-corrected chi connectivity index (χ1v) is 10.1. The summed E-state index contributed by atoms with van der Waals surface area (Å²) in [6.07, 6.45) is 4.68. The van der Waals surface area contributed by atoms with Gasteiger partial charge in [-0.25, -0.2) is 22.7 Å². The molecule has 1 aliphatic heterocycles. The van der Waals surface area contributed by atoms with Gasteiger partial charge in [-0.3, -0.25) is 0 Å². The van der Waals surface area contributed by atoms with Crippen molar-refractivity contribution in [3.05, 3.63) is 17.3 Å². The number of hydrogen-bond acceptors (Lipinski definition) is 6. The Balaban J connectivity index is 1.90. The summed E-state index contributed by atoms with van der Waals surface area (Å²) < 4.78 is 25.0. The Labute approximate surface area is 134 Å². The van der Waals surface area contributed by atoms with Crippen molar-refractivity contribution in [2.75, 3.05) is 37.3 Å². The molecule has 3 heterocycles. The van der Waals surface area contributed by atoms with E-state index in [-0.39, 0.29) is 0 Å². The molecule has 0 atom stereocenters. The van der Waals surface area contributed by atoms with Crippen LogP contribution >= 0.6 is 11.3 Å². The number of thiophene rings is 1. The topological polar surface area (TPSA) is 66.4 Å². The van der Waals surface area contributed by atoms with Crippen LogP contribution in [0.5, 0.6) is 0 Å². The van der Waals surface area contributed by atoms with Gasteiger partial charge >= 0.3 is 0 Å². The molecule has 1 fully saturated rings. The van der Waals surface area contributed by atoms with Crippen molar-refractivity contribution in [3.8, 4) is 0 Å². The Morgan fingerprint density at radius 2 is 2.05 bits per heavy atom. The van der Waals surface area contributed by atoms with Crippen LogP contribution in [0.3, 0.4) is 0 Å². The van der Waals surface area contributed by atoms with Crippen molar-refractivity contribution >= 4 is 37.4 Å². The van der Waals surface area contributed by atoms with Gasteiger partial charge in [0.25, 0.3) is 0 Å². The van der Waals surface area contributed by atoms with Crippen molar-refractivity contribution in [1.82, 2.24) is 14.3 Å². The molecule has 3 rings (SSSR count). The highest BCUT2D eigenvalue weighted by molar-refractivity contribution is 7.88. The maximum absolute atomic E-state index is 11.7. The van der Waals surface area contributed by atoms with Crippen molar-refractivity contribution < 1.29 is 8.42 Å². The summed E-state index contributed by atoms with van der Waals surface area (Å²) in [4.78, 5) is 13.3. The van der Waals surface area contributed by atoms with E-state index in [4.69, 9.17) is 0 Å². The highest BCUT2D eigenvalue weighted by Crippen LogP contribution is 2.31. The molecule has 0 bridgehead atoms. The Hall–Kier alpha value is -1.25. The first-order chi connectivity index (χ1) is 10.5. The van der Waals surface area contributed by atoms with Crippen LogP contribution in [-0.2, 0) is 16.4 Å². The van der Waals surface area contributed by atoms with Crippen LogP contribution < -0.4 is 4.90 Å². The number of rotatable bonds is 3. The number of hydrogen-bond donors (Lipinski definition) is 0. The van der Waals surface area contributed by atoms with Crippen LogP contribution in [0, 0.1) is 0 Å². The van der Waals surface area contributed by atoms with Crippen LogP contribution in [0.2, 0.25) is 0 Å². The lowest BCUT2D eigenvalue weighted by molar-refractivity contribution is 0.437. The van der Waals surface area contributed by atoms with Gasteiger partial charge < -0.3 is 4.90 Å². The Morgan fingerprint density at radius 3 is 2.77 bits per heavy atom. The molecule has 1 aliphatic rings. The van der Waals surface area contributed by atoms with Crippen LogP contribution in [0.4, 0.5) is 5.82 Å². The van der Waals surface area contributed by atoms with E-state index >= 15 is 0 Å². The van der Waals surface area contributed by atoms with Gasteiger partial charge in [-0.05, 0) is 18.9 Å². The SMILES string of the molecule is CCc1cc2c(N3CCCN(S(C)(=O)=O)CC3)ncnc2s1. The number of sulfonamides is 1. The summed E-state index contributed by atoms with van der Waals surface area (Å²) in [5.41, 5.74) is 0. The Morgan fingerprint density at radius 1 is 1.23 bits per heavy atom. The van der Waals surface area contributed by atoms with Gasteiger partial charge in [-0.1, -0.05) is 6.92 Å². The third kappa shape index (κ3) is 3.09. The fourth-order valence-corrected chi connectivity index (χ4v) is 4.56. The van der Waals surface area contributed by atoms with Crippen LogP contribution in [0.1, 0.15) is 18.2 Å². The second-order valence-corrected chi connectivity index (χ2v) is 8.58. The van der Waals surface area contributed by atoms with E-state index in [1.54, 1.807) is 22.0 Å². The van der Waals surface area contributed by atoms with E-state index in [2.05, 4.69) is 27.9 Å². The van der Waals surface area contributed by atoms with Crippen molar-refractivity contribution in [2.24, 2.45) is 0 Å². The molecule has 0 aromatic carbocycles. The smallest absolute Gasteiger partial charge is 0.211 e. The highest BCUT2D eigenvalue weighted by Gasteiger charge is 2.23. The highest BCUT2D eigenvalue weighted by atomic mass is 32.2. The minimum Gasteiger partial charge on any atom is -0.355 e. The molecule has 8 heteroatoms. The van der Waals surface area contributed by atoms with E-state index < -0.39 is 10.0 Å². The third-order valence-electron chi connectivity index (χ3n) is 3.93. The predicted molar refractivity (Wildman–Crippen MR) is 90.0 cm³/mol. The van der Waals surface area contributed by atoms with Gasteiger partial charge in [0.05, 0.1) is 11.6 Å². The van der Waals surface area contributed by atoms with Crippen LogP contribution in [0.25, 0.3) is 10.2 Å². The van der Waals surface area contributed by atoms with E-state index in [0.29, 0.717) is 19.6 Å². The molecule has 1 saturated heterocycles. The summed E-state index contributed by atoms with van der Waals surface area (Å²) in [6, 6.07) is 2.16. The van der Waals surface area contributed by atoms with Crippen LogP contribution in [0.15, 0.2) is 12.4 Å². The molecule has 120 valence electrons. The Kier molecular flexibility index (Phi) is 4.33. The van der Waals surface area contributed by atoms with Crippen molar-refractivity contribution in [2.45, 2.75) is 19.8 Å². The zero-order valence-electron chi connectivity index (χ0n) is 12.8. The minimum absolute atomic E-state index is 0.509. The average Bonchev–Trinajstić information content (AvgIpc) is 2.73. The molecule has 0 saturated carbocycles. The number of aryl methyl sites for hydroxylation is 1. The van der Waals surface area contributed by atoms with Gasteiger partial charge in [-0.15, -0.1) is 11.3 Å². The first kappa shape index (κ1) is 15.6. The summed E-state index contributed by atoms with van der Waals surface area (Å²) in [7, 11) is -3.12. The minimum atomic E-state index is -3.12. The second-order valence-electron chi connectivity index (χ2n) is 5.49. The van der Waals surface area contributed by atoms with Gasteiger partial charge in [0.2, 0.25) is 10.0 Å². The molecule has 2 aromatic heterocycles. The van der Waals surface area contributed by atoms with Gasteiger partial charge in [0.15, 0.2) is 0 Å². The standard InChI is InChI=1S/C14H20N4O2S2/c1-3-11-9-12-13(15-10-16-14(12)21-11)17-5-4-6-18(8-7-17)22(2,19)20/h9-10H,3-8H2,1-2H3. The summed E-state index contributed by atoms with van der Waals surface area (Å²) in [5, 5.41) is 1.08. The Bertz CT molecular complexity index is 772. The molecule has 0 spiro atoms.